The average molecular weight is 352 g/mol. The van der Waals surface area contributed by atoms with Gasteiger partial charge in [0.1, 0.15) is 17.3 Å². The monoisotopic (exact) mass is 352 g/mol. The average Bonchev–Trinajstić information content (AvgIpc) is 2.67. The van der Waals surface area contributed by atoms with Gasteiger partial charge in [-0.1, -0.05) is 24.3 Å². The fourth-order valence-corrected chi connectivity index (χ4v) is 2.83. The molecule has 0 radical (unpaired) electrons. The minimum atomic E-state index is -0.701. The summed E-state index contributed by atoms with van der Waals surface area (Å²) in [5, 5.41) is 6.81. The van der Waals surface area contributed by atoms with Crippen molar-refractivity contribution < 1.29 is 9.47 Å². The van der Waals surface area contributed by atoms with Crippen LogP contribution < -0.4 is 25.8 Å². The van der Waals surface area contributed by atoms with E-state index in [2.05, 4.69) is 15.6 Å². The largest absolute Gasteiger partial charge is 0.497 e. The lowest BCUT2D eigenvalue weighted by Crippen LogP contribution is -2.57. The molecule has 1 unspecified atom stereocenters. The minimum absolute atomic E-state index is 0.486. The molecule has 1 atom stereocenters. The summed E-state index contributed by atoms with van der Waals surface area (Å²) in [6.45, 7) is 0.637. The maximum Gasteiger partial charge on any atom is 0.191 e. The van der Waals surface area contributed by atoms with Crippen LogP contribution in [-0.4, -0.2) is 25.8 Å². The number of methoxy groups -OCH3 is 2. The molecule has 0 spiro atoms. The molecule has 2 aromatic carbocycles. The van der Waals surface area contributed by atoms with Gasteiger partial charge >= 0.3 is 0 Å². The zero-order chi connectivity index (χ0) is 18.4. The summed E-state index contributed by atoms with van der Waals surface area (Å²) in [4.78, 5) is 4.63. The van der Waals surface area contributed by atoms with Gasteiger partial charge in [-0.15, -0.1) is 0 Å². The third-order valence-electron chi connectivity index (χ3n) is 4.26. The van der Waals surface area contributed by atoms with Gasteiger partial charge in [-0.2, -0.15) is 0 Å². The molecule has 4 N–H and O–H groups in total. The fraction of sp³-hybridized carbons (Fsp3) is 0.250. The van der Waals surface area contributed by atoms with E-state index in [1.165, 1.54) is 0 Å². The Hall–Kier alpha value is -2.99. The Morgan fingerprint density at radius 2 is 1.54 bits per heavy atom. The molecule has 3 rings (SSSR count). The molecule has 1 aliphatic rings. The molecule has 0 bridgehead atoms. The lowest BCUT2D eigenvalue weighted by molar-refractivity contribution is 0.291. The third kappa shape index (κ3) is 4.34. The van der Waals surface area contributed by atoms with Gasteiger partial charge in [0.25, 0.3) is 0 Å². The van der Waals surface area contributed by atoms with Gasteiger partial charge in [0.2, 0.25) is 0 Å². The standard InChI is InChI=1S/C20H24N4O2/c1-25-17-7-3-15(4-8-17)13-20(22-12-11-19(21)24-20)23-14-16-5-9-18(26-2)10-6-16/h3-12,22-23H,13-14H2,1-2H3,(H2,21,24). The third-order valence-corrected chi connectivity index (χ3v) is 4.26. The molecule has 6 heteroatoms. The lowest BCUT2D eigenvalue weighted by atomic mass is 10.0. The van der Waals surface area contributed by atoms with Crippen molar-refractivity contribution in [1.82, 2.24) is 10.6 Å². The highest BCUT2D eigenvalue weighted by Gasteiger charge is 2.30. The van der Waals surface area contributed by atoms with E-state index in [4.69, 9.17) is 15.2 Å². The van der Waals surface area contributed by atoms with Crippen LogP contribution in [0.4, 0.5) is 0 Å². The quantitative estimate of drug-likeness (QED) is 0.711. The van der Waals surface area contributed by atoms with Crippen molar-refractivity contribution in [1.29, 1.82) is 0 Å². The Kier molecular flexibility index (Phi) is 5.43. The maximum atomic E-state index is 5.96. The Morgan fingerprint density at radius 1 is 0.962 bits per heavy atom. The van der Waals surface area contributed by atoms with E-state index in [0.717, 1.165) is 22.6 Å². The first-order chi connectivity index (χ1) is 12.6. The van der Waals surface area contributed by atoms with E-state index in [1.807, 2.05) is 54.7 Å². The molecule has 26 heavy (non-hydrogen) atoms. The van der Waals surface area contributed by atoms with Gasteiger partial charge in [-0.25, -0.2) is 4.99 Å². The van der Waals surface area contributed by atoms with Gasteiger partial charge in [0.05, 0.1) is 14.2 Å². The van der Waals surface area contributed by atoms with Crippen molar-refractivity contribution in [2.24, 2.45) is 10.7 Å². The zero-order valence-electron chi connectivity index (χ0n) is 15.0. The highest BCUT2D eigenvalue weighted by Crippen LogP contribution is 2.19. The van der Waals surface area contributed by atoms with Crippen LogP contribution >= 0.6 is 0 Å². The van der Waals surface area contributed by atoms with Crippen molar-refractivity contribution in [2.75, 3.05) is 14.2 Å². The molecular formula is C20H24N4O2. The Morgan fingerprint density at radius 3 is 2.08 bits per heavy atom. The molecule has 6 nitrogen and oxygen atoms in total. The van der Waals surface area contributed by atoms with E-state index in [1.54, 1.807) is 20.3 Å². The van der Waals surface area contributed by atoms with Crippen LogP contribution in [0.15, 0.2) is 65.8 Å². The second kappa shape index (κ2) is 7.93. The van der Waals surface area contributed by atoms with E-state index < -0.39 is 5.79 Å². The Bertz CT molecular complexity index is 784. The highest BCUT2D eigenvalue weighted by atomic mass is 16.5. The van der Waals surface area contributed by atoms with Crippen LogP contribution in [-0.2, 0) is 13.0 Å². The molecule has 0 amide bonds. The van der Waals surface area contributed by atoms with E-state index >= 15 is 0 Å². The second-order valence-electron chi connectivity index (χ2n) is 6.10. The van der Waals surface area contributed by atoms with Gasteiger partial charge in [-0.3, -0.25) is 5.32 Å². The van der Waals surface area contributed by atoms with Gasteiger partial charge < -0.3 is 20.5 Å². The molecule has 0 saturated carbocycles. The Labute approximate surface area is 153 Å². The number of aliphatic imine (C=N–C) groups is 1. The first-order valence-corrected chi connectivity index (χ1v) is 8.43. The number of hydrogen-bond acceptors (Lipinski definition) is 6. The number of benzene rings is 2. The summed E-state index contributed by atoms with van der Waals surface area (Å²) in [7, 11) is 3.32. The molecule has 0 aliphatic carbocycles. The molecule has 1 aliphatic heterocycles. The van der Waals surface area contributed by atoms with Gasteiger partial charge in [0, 0.05) is 19.2 Å². The number of ether oxygens (including phenoxy) is 2. The van der Waals surface area contributed by atoms with Crippen LogP contribution in [0.5, 0.6) is 11.5 Å². The van der Waals surface area contributed by atoms with Crippen molar-refractivity contribution >= 4 is 5.84 Å². The SMILES string of the molecule is COc1ccc(CNC2(Cc3ccc(OC)cc3)N=C(N)C=CN2)cc1. The van der Waals surface area contributed by atoms with E-state index in [-0.39, 0.29) is 0 Å². The summed E-state index contributed by atoms with van der Waals surface area (Å²) in [5.41, 5.74) is 8.21. The van der Waals surface area contributed by atoms with Crippen molar-refractivity contribution in [3.05, 3.63) is 71.9 Å². The second-order valence-corrected chi connectivity index (χ2v) is 6.10. The summed E-state index contributed by atoms with van der Waals surface area (Å²) < 4.78 is 10.4. The van der Waals surface area contributed by atoms with Gasteiger partial charge in [0.15, 0.2) is 5.79 Å². The molecule has 0 aromatic heterocycles. The molecule has 0 fully saturated rings. The maximum absolute atomic E-state index is 5.96. The topological polar surface area (TPSA) is 80.9 Å². The summed E-state index contributed by atoms with van der Waals surface area (Å²) in [5.74, 6) is 1.45. The van der Waals surface area contributed by atoms with Crippen LogP contribution in [0.1, 0.15) is 11.1 Å². The summed E-state index contributed by atoms with van der Waals surface area (Å²) >= 11 is 0. The fourth-order valence-electron chi connectivity index (χ4n) is 2.83. The van der Waals surface area contributed by atoms with E-state index in [9.17, 15) is 0 Å². The van der Waals surface area contributed by atoms with Crippen LogP contribution in [0.3, 0.4) is 0 Å². The number of nitrogens with two attached hydrogens (primary N) is 1. The highest BCUT2D eigenvalue weighted by molar-refractivity contribution is 5.92. The zero-order valence-corrected chi connectivity index (χ0v) is 15.0. The predicted molar refractivity (Wildman–Crippen MR) is 103 cm³/mol. The van der Waals surface area contributed by atoms with Crippen molar-refractivity contribution in [3.8, 4) is 11.5 Å². The lowest BCUT2D eigenvalue weighted by Gasteiger charge is -2.34. The molecular weight excluding hydrogens is 328 g/mol. The Balaban J connectivity index is 1.76. The summed E-state index contributed by atoms with van der Waals surface area (Å²) in [6, 6.07) is 15.9. The first-order valence-electron chi connectivity index (χ1n) is 8.43. The van der Waals surface area contributed by atoms with Crippen LogP contribution in [0, 0.1) is 0 Å². The van der Waals surface area contributed by atoms with Crippen molar-refractivity contribution in [2.45, 2.75) is 18.8 Å². The van der Waals surface area contributed by atoms with Crippen molar-refractivity contribution in [3.63, 3.8) is 0 Å². The smallest absolute Gasteiger partial charge is 0.191 e. The normalized spacial score (nSPS) is 18.8. The molecule has 2 aromatic rings. The van der Waals surface area contributed by atoms with E-state index in [0.29, 0.717) is 18.8 Å². The van der Waals surface area contributed by atoms with Crippen LogP contribution in [0.2, 0.25) is 0 Å². The first kappa shape index (κ1) is 17.8. The molecule has 1 heterocycles. The predicted octanol–water partition coefficient (Wildman–Crippen LogP) is 2.16. The number of nitrogens with one attached hydrogen (secondary N) is 2. The molecule has 0 saturated heterocycles. The number of hydrogen-bond donors (Lipinski definition) is 3. The minimum Gasteiger partial charge on any atom is -0.497 e. The van der Waals surface area contributed by atoms with Crippen LogP contribution in [0.25, 0.3) is 0 Å². The van der Waals surface area contributed by atoms with Gasteiger partial charge in [-0.05, 0) is 41.5 Å². The number of amidine groups is 1. The number of nitrogens with zero attached hydrogens (tertiary/aromatic N) is 1. The molecule has 136 valence electrons. The number of rotatable bonds is 7. The summed E-state index contributed by atoms with van der Waals surface area (Å²) in [6.07, 6.45) is 4.21.